The van der Waals surface area contributed by atoms with Gasteiger partial charge in [0.15, 0.2) is 0 Å². The molecule has 5 heteroatoms. The van der Waals surface area contributed by atoms with Crippen LogP contribution in [0.15, 0.2) is 29.0 Å². The molecule has 0 radical (unpaired) electrons. The van der Waals surface area contributed by atoms with Crippen molar-refractivity contribution in [2.75, 3.05) is 6.61 Å². The van der Waals surface area contributed by atoms with Crippen molar-refractivity contribution < 1.29 is 9.53 Å². The molecule has 17 heavy (non-hydrogen) atoms. The normalized spacial score (nSPS) is 10.7. The van der Waals surface area contributed by atoms with Gasteiger partial charge >= 0.3 is 5.97 Å². The van der Waals surface area contributed by atoms with E-state index in [2.05, 4.69) is 21.0 Å². The maximum absolute atomic E-state index is 11.3. The molecule has 0 atom stereocenters. The van der Waals surface area contributed by atoms with E-state index in [0.29, 0.717) is 19.4 Å². The Kier molecular flexibility index (Phi) is 3.78. The van der Waals surface area contributed by atoms with Gasteiger partial charge in [-0.1, -0.05) is 0 Å². The fourth-order valence-corrected chi connectivity index (χ4v) is 2.30. The number of hydrogen-bond acceptors (Lipinski definition) is 3. The molecule has 0 aliphatic heterocycles. The molecule has 0 bridgehead atoms. The number of aromatic nitrogens is 2. The van der Waals surface area contributed by atoms with Crippen molar-refractivity contribution in [3.8, 4) is 0 Å². The maximum atomic E-state index is 11.3. The molecule has 4 nitrogen and oxygen atoms in total. The van der Waals surface area contributed by atoms with Gasteiger partial charge in [0, 0.05) is 17.1 Å². The first-order valence-corrected chi connectivity index (χ1v) is 6.28. The highest BCUT2D eigenvalue weighted by Gasteiger charge is 2.09. The number of carbonyl (C=O) groups excluding carboxylic acids is 1. The van der Waals surface area contributed by atoms with Gasteiger partial charge in [-0.25, -0.2) is 4.52 Å². The number of nitrogens with zero attached hydrogens (tertiary/aromatic N) is 2. The average Bonchev–Trinajstić information content (AvgIpc) is 2.71. The van der Waals surface area contributed by atoms with E-state index >= 15 is 0 Å². The lowest BCUT2D eigenvalue weighted by atomic mass is 10.1. The zero-order valence-corrected chi connectivity index (χ0v) is 11.1. The fraction of sp³-hybridized carbons (Fsp3) is 0.333. The molecule has 2 aromatic heterocycles. The van der Waals surface area contributed by atoms with Crippen LogP contribution in [0.2, 0.25) is 0 Å². The van der Waals surface area contributed by atoms with E-state index in [1.54, 1.807) is 10.7 Å². The molecule has 0 spiro atoms. The third-order valence-electron chi connectivity index (χ3n) is 2.47. The van der Waals surface area contributed by atoms with E-state index in [-0.39, 0.29) is 5.97 Å². The van der Waals surface area contributed by atoms with Crippen molar-refractivity contribution >= 4 is 27.4 Å². The third-order valence-corrected chi connectivity index (χ3v) is 3.11. The molecule has 0 amide bonds. The Morgan fingerprint density at radius 2 is 2.41 bits per heavy atom. The maximum Gasteiger partial charge on any atom is 0.306 e. The van der Waals surface area contributed by atoms with E-state index in [9.17, 15) is 4.79 Å². The monoisotopic (exact) mass is 296 g/mol. The fourth-order valence-electron chi connectivity index (χ4n) is 1.71. The molecule has 0 fully saturated rings. The van der Waals surface area contributed by atoms with Gasteiger partial charge in [0.1, 0.15) is 0 Å². The summed E-state index contributed by atoms with van der Waals surface area (Å²) in [5, 5.41) is 4.24. The number of carbonyl (C=O) groups is 1. The second kappa shape index (κ2) is 5.31. The van der Waals surface area contributed by atoms with Crippen LogP contribution < -0.4 is 0 Å². The van der Waals surface area contributed by atoms with Crippen molar-refractivity contribution in [3.63, 3.8) is 0 Å². The first-order chi connectivity index (χ1) is 8.22. The van der Waals surface area contributed by atoms with Crippen molar-refractivity contribution in [2.45, 2.75) is 19.8 Å². The number of esters is 1. The highest BCUT2D eigenvalue weighted by Crippen LogP contribution is 2.22. The summed E-state index contributed by atoms with van der Waals surface area (Å²) in [4.78, 5) is 11.3. The van der Waals surface area contributed by atoms with Crippen LogP contribution in [-0.4, -0.2) is 22.2 Å². The van der Waals surface area contributed by atoms with E-state index in [1.165, 1.54) is 0 Å². The molecule has 0 aliphatic carbocycles. The van der Waals surface area contributed by atoms with Crippen LogP contribution in [0.5, 0.6) is 0 Å². The van der Waals surface area contributed by atoms with Crippen LogP contribution in [0.1, 0.15) is 18.9 Å². The Hall–Kier alpha value is -1.36. The summed E-state index contributed by atoms with van der Waals surface area (Å²) in [5.41, 5.74) is 2.06. The molecule has 2 rings (SSSR count). The topological polar surface area (TPSA) is 43.6 Å². The molecule has 90 valence electrons. The van der Waals surface area contributed by atoms with Crippen LogP contribution in [-0.2, 0) is 16.0 Å². The summed E-state index contributed by atoms with van der Waals surface area (Å²) in [6.45, 7) is 2.24. The lowest BCUT2D eigenvalue weighted by Crippen LogP contribution is -2.05. The van der Waals surface area contributed by atoms with Crippen LogP contribution in [0.4, 0.5) is 0 Å². The minimum absolute atomic E-state index is 0.168. The van der Waals surface area contributed by atoms with Gasteiger partial charge in [0.25, 0.3) is 0 Å². The van der Waals surface area contributed by atoms with Crippen molar-refractivity contribution in [1.29, 1.82) is 0 Å². The summed E-state index contributed by atoms with van der Waals surface area (Å²) in [7, 11) is 0. The van der Waals surface area contributed by atoms with Gasteiger partial charge < -0.3 is 4.74 Å². The number of ether oxygens (including phenoxy) is 1. The molecule has 2 aromatic rings. The summed E-state index contributed by atoms with van der Waals surface area (Å²) in [6.07, 6.45) is 4.70. The van der Waals surface area contributed by atoms with Crippen LogP contribution in [0, 0.1) is 0 Å². The third kappa shape index (κ3) is 2.66. The number of halogens is 1. The van der Waals surface area contributed by atoms with Gasteiger partial charge in [-0.15, -0.1) is 0 Å². The molecule has 0 saturated heterocycles. The second-order valence-corrected chi connectivity index (χ2v) is 4.48. The summed E-state index contributed by atoms with van der Waals surface area (Å²) in [5.74, 6) is -0.168. The van der Waals surface area contributed by atoms with Crippen LogP contribution in [0.25, 0.3) is 5.52 Å². The average molecular weight is 297 g/mol. The first kappa shape index (κ1) is 12.1. The largest absolute Gasteiger partial charge is 0.466 e. The minimum atomic E-state index is -0.168. The van der Waals surface area contributed by atoms with Gasteiger partial charge in [-0.3, -0.25) is 4.79 Å². The van der Waals surface area contributed by atoms with Gasteiger partial charge in [0.05, 0.1) is 18.3 Å². The van der Waals surface area contributed by atoms with Gasteiger partial charge in [-0.05, 0) is 47.0 Å². The molecule has 0 aromatic carbocycles. The number of aryl methyl sites for hydroxylation is 1. The quantitative estimate of drug-likeness (QED) is 0.815. The predicted molar refractivity (Wildman–Crippen MR) is 67.8 cm³/mol. The Morgan fingerprint density at radius 3 is 3.18 bits per heavy atom. The first-order valence-electron chi connectivity index (χ1n) is 5.48. The molecular formula is C12H13BrN2O2. The molecule has 2 heterocycles. The van der Waals surface area contributed by atoms with Gasteiger partial charge in [-0.2, -0.15) is 5.10 Å². The predicted octanol–water partition coefficient (Wildman–Crippen LogP) is 2.59. The molecule has 0 unspecified atom stereocenters. The second-order valence-electron chi connectivity index (χ2n) is 3.62. The molecule has 0 aliphatic rings. The smallest absolute Gasteiger partial charge is 0.306 e. The van der Waals surface area contributed by atoms with E-state index in [0.717, 1.165) is 15.6 Å². The number of rotatable bonds is 4. The number of hydrogen-bond donors (Lipinski definition) is 0. The lowest BCUT2D eigenvalue weighted by molar-refractivity contribution is -0.143. The summed E-state index contributed by atoms with van der Waals surface area (Å²) in [6, 6.07) is 3.88. The summed E-state index contributed by atoms with van der Waals surface area (Å²) >= 11 is 3.49. The van der Waals surface area contributed by atoms with Gasteiger partial charge in [0.2, 0.25) is 0 Å². The lowest BCUT2D eigenvalue weighted by Gasteiger charge is -2.02. The van der Waals surface area contributed by atoms with Crippen molar-refractivity contribution in [1.82, 2.24) is 9.61 Å². The Balaban J connectivity index is 2.16. The van der Waals surface area contributed by atoms with E-state index < -0.39 is 0 Å². The summed E-state index contributed by atoms with van der Waals surface area (Å²) < 4.78 is 7.68. The van der Waals surface area contributed by atoms with E-state index in [1.807, 2.05) is 25.3 Å². The number of fused-ring (bicyclic) bond motifs is 1. The standard InChI is InChI=1S/C12H13BrN2O2/c1-2-17-11(16)6-5-9-8-14-15-7-3-4-10(13)12(9)15/h3-4,7-8H,2,5-6H2,1H3. The minimum Gasteiger partial charge on any atom is -0.466 e. The molecule has 0 saturated carbocycles. The zero-order valence-electron chi connectivity index (χ0n) is 9.52. The van der Waals surface area contributed by atoms with Crippen LogP contribution >= 0.6 is 15.9 Å². The SMILES string of the molecule is CCOC(=O)CCc1cnn2cccc(Br)c12. The van der Waals surface area contributed by atoms with E-state index in [4.69, 9.17) is 4.74 Å². The zero-order chi connectivity index (χ0) is 12.3. The van der Waals surface area contributed by atoms with Crippen molar-refractivity contribution in [2.24, 2.45) is 0 Å². The Bertz CT molecular complexity index is 536. The Morgan fingerprint density at radius 1 is 1.59 bits per heavy atom. The molecular weight excluding hydrogens is 284 g/mol. The highest BCUT2D eigenvalue weighted by molar-refractivity contribution is 9.10. The van der Waals surface area contributed by atoms with Crippen molar-refractivity contribution in [3.05, 3.63) is 34.6 Å². The van der Waals surface area contributed by atoms with Crippen LogP contribution in [0.3, 0.4) is 0 Å². The highest BCUT2D eigenvalue weighted by atomic mass is 79.9. The molecule has 0 N–H and O–H groups in total. The number of pyridine rings is 1. The Labute approximate surface area is 108 Å².